The smallest absolute Gasteiger partial charge is 0.255 e. The van der Waals surface area contributed by atoms with Gasteiger partial charge in [-0.2, -0.15) is 0 Å². The van der Waals surface area contributed by atoms with Crippen LogP contribution in [0, 0.1) is 5.92 Å². The zero-order valence-electron chi connectivity index (χ0n) is 8.81. The molecule has 0 spiro atoms. The lowest BCUT2D eigenvalue weighted by Gasteiger charge is -2.14. The molecule has 1 aliphatic heterocycles. The van der Waals surface area contributed by atoms with Crippen LogP contribution >= 0.6 is 11.6 Å². The van der Waals surface area contributed by atoms with Crippen LogP contribution in [0.1, 0.15) is 13.3 Å². The average Bonchev–Trinajstić information content (AvgIpc) is 2.68. The van der Waals surface area contributed by atoms with E-state index in [2.05, 4.69) is 15.3 Å². The van der Waals surface area contributed by atoms with Crippen molar-refractivity contribution >= 4 is 23.3 Å². The number of carbonyl (C=O) groups excluding carboxylic acids is 1. The second-order valence-electron chi connectivity index (χ2n) is 3.74. The Labute approximate surface area is 98.2 Å². The minimum atomic E-state index is -0.418. The van der Waals surface area contributed by atoms with Crippen LogP contribution in [0.25, 0.3) is 0 Å². The second-order valence-corrected chi connectivity index (χ2v) is 4.10. The van der Waals surface area contributed by atoms with Gasteiger partial charge in [-0.3, -0.25) is 4.79 Å². The van der Waals surface area contributed by atoms with Gasteiger partial charge in [0.25, 0.3) is 5.91 Å². The molecule has 0 aromatic carbocycles. The molecular formula is C10H12ClN3O2. The minimum Gasteiger partial charge on any atom is -0.368 e. The Bertz CT molecular complexity index is 399. The monoisotopic (exact) mass is 241 g/mol. The zero-order chi connectivity index (χ0) is 11.5. The van der Waals surface area contributed by atoms with Crippen molar-refractivity contribution in [3.05, 3.63) is 17.5 Å². The highest BCUT2D eigenvalue weighted by Gasteiger charge is 2.31. The van der Waals surface area contributed by atoms with Gasteiger partial charge in [0.1, 0.15) is 6.10 Å². The standard InChI is InChI=1S/C10H12ClN3O2/c1-6-2-5-16-7(6)10(15)14-9-8(11)12-3-4-13-9/h3-4,6-7H,2,5H2,1H3,(H,13,14,15). The number of hydrogen-bond donors (Lipinski definition) is 1. The predicted octanol–water partition coefficient (Wildman–Crippen LogP) is 1.49. The minimum absolute atomic E-state index is 0.182. The first-order valence-corrected chi connectivity index (χ1v) is 5.45. The number of rotatable bonds is 2. The molecule has 2 atom stereocenters. The lowest BCUT2D eigenvalue weighted by atomic mass is 10.0. The molecule has 1 fully saturated rings. The number of halogens is 1. The number of amides is 1. The van der Waals surface area contributed by atoms with Crippen LogP contribution in [-0.2, 0) is 9.53 Å². The van der Waals surface area contributed by atoms with E-state index >= 15 is 0 Å². The summed E-state index contributed by atoms with van der Waals surface area (Å²) >= 11 is 5.78. The first kappa shape index (κ1) is 11.3. The number of ether oxygens (including phenoxy) is 1. The molecule has 1 saturated heterocycles. The third-order valence-corrected chi connectivity index (χ3v) is 2.82. The van der Waals surface area contributed by atoms with Crippen LogP contribution in [0.3, 0.4) is 0 Å². The molecule has 1 aromatic heterocycles. The van der Waals surface area contributed by atoms with E-state index in [9.17, 15) is 4.79 Å². The molecule has 1 amide bonds. The van der Waals surface area contributed by atoms with Crippen molar-refractivity contribution in [3.63, 3.8) is 0 Å². The van der Waals surface area contributed by atoms with Crippen LogP contribution < -0.4 is 5.32 Å². The Morgan fingerprint density at radius 2 is 2.31 bits per heavy atom. The summed E-state index contributed by atoms with van der Waals surface area (Å²) in [7, 11) is 0. The Morgan fingerprint density at radius 3 is 2.94 bits per heavy atom. The van der Waals surface area contributed by atoms with Gasteiger partial charge in [0, 0.05) is 19.0 Å². The number of aromatic nitrogens is 2. The van der Waals surface area contributed by atoms with Crippen LogP contribution in [0.4, 0.5) is 5.82 Å². The number of hydrogen-bond acceptors (Lipinski definition) is 4. The zero-order valence-corrected chi connectivity index (χ0v) is 9.57. The van der Waals surface area contributed by atoms with Crippen molar-refractivity contribution in [1.82, 2.24) is 9.97 Å². The molecule has 0 saturated carbocycles. The molecule has 0 bridgehead atoms. The average molecular weight is 242 g/mol. The van der Waals surface area contributed by atoms with E-state index in [0.29, 0.717) is 6.61 Å². The molecule has 1 aromatic rings. The first-order chi connectivity index (χ1) is 7.68. The molecule has 2 heterocycles. The molecule has 0 radical (unpaired) electrons. The van der Waals surface area contributed by atoms with E-state index in [1.165, 1.54) is 12.4 Å². The van der Waals surface area contributed by atoms with E-state index in [1.54, 1.807) is 0 Å². The van der Waals surface area contributed by atoms with E-state index in [1.807, 2.05) is 6.92 Å². The fourth-order valence-electron chi connectivity index (χ4n) is 1.62. The van der Waals surface area contributed by atoms with E-state index in [0.717, 1.165) is 6.42 Å². The van der Waals surface area contributed by atoms with Gasteiger partial charge in [0.2, 0.25) is 0 Å². The topological polar surface area (TPSA) is 64.1 Å². The second kappa shape index (κ2) is 4.76. The maximum atomic E-state index is 11.8. The third-order valence-electron chi connectivity index (χ3n) is 2.54. The Kier molecular flexibility index (Phi) is 3.36. The van der Waals surface area contributed by atoms with Crippen LogP contribution in [0.2, 0.25) is 5.15 Å². The summed E-state index contributed by atoms with van der Waals surface area (Å²) in [6.07, 6.45) is 3.41. The fraction of sp³-hybridized carbons (Fsp3) is 0.500. The quantitative estimate of drug-likeness (QED) is 0.852. The van der Waals surface area contributed by atoms with Gasteiger partial charge in [0.05, 0.1) is 0 Å². The van der Waals surface area contributed by atoms with Gasteiger partial charge < -0.3 is 10.1 Å². The first-order valence-electron chi connectivity index (χ1n) is 5.07. The Morgan fingerprint density at radius 1 is 1.56 bits per heavy atom. The lowest BCUT2D eigenvalue weighted by Crippen LogP contribution is -2.31. The van der Waals surface area contributed by atoms with Crippen LogP contribution in [0.5, 0.6) is 0 Å². The van der Waals surface area contributed by atoms with Crippen molar-refractivity contribution in [2.75, 3.05) is 11.9 Å². The molecule has 5 nitrogen and oxygen atoms in total. The molecule has 86 valence electrons. The summed E-state index contributed by atoms with van der Waals surface area (Å²) in [6.45, 7) is 2.60. The third kappa shape index (κ3) is 2.31. The number of carbonyl (C=O) groups is 1. The molecule has 6 heteroatoms. The predicted molar refractivity (Wildman–Crippen MR) is 59.2 cm³/mol. The van der Waals surface area contributed by atoms with Crippen molar-refractivity contribution in [2.45, 2.75) is 19.4 Å². The molecule has 2 rings (SSSR count). The highest BCUT2D eigenvalue weighted by atomic mass is 35.5. The summed E-state index contributed by atoms with van der Waals surface area (Å²) in [6, 6.07) is 0. The van der Waals surface area contributed by atoms with Gasteiger partial charge in [-0.25, -0.2) is 9.97 Å². The highest BCUT2D eigenvalue weighted by Crippen LogP contribution is 2.22. The summed E-state index contributed by atoms with van der Waals surface area (Å²) in [5.41, 5.74) is 0. The van der Waals surface area contributed by atoms with Gasteiger partial charge in [-0.15, -0.1) is 0 Å². The van der Waals surface area contributed by atoms with Crippen molar-refractivity contribution in [3.8, 4) is 0 Å². The normalized spacial score (nSPS) is 24.4. The number of anilines is 1. The molecule has 1 aliphatic rings. The Hall–Kier alpha value is -1.20. The molecular weight excluding hydrogens is 230 g/mol. The lowest BCUT2D eigenvalue weighted by molar-refractivity contribution is -0.126. The van der Waals surface area contributed by atoms with Crippen molar-refractivity contribution in [2.24, 2.45) is 5.92 Å². The molecule has 1 N–H and O–H groups in total. The van der Waals surface area contributed by atoms with Crippen molar-refractivity contribution in [1.29, 1.82) is 0 Å². The summed E-state index contributed by atoms with van der Waals surface area (Å²) < 4.78 is 5.34. The van der Waals surface area contributed by atoms with Gasteiger partial charge in [-0.1, -0.05) is 18.5 Å². The van der Waals surface area contributed by atoms with Crippen LogP contribution in [0.15, 0.2) is 12.4 Å². The number of nitrogens with one attached hydrogen (secondary N) is 1. The molecule has 2 unspecified atom stereocenters. The Balaban J connectivity index is 2.05. The number of nitrogens with zero attached hydrogens (tertiary/aromatic N) is 2. The molecule has 0 aliphatic carbocycles. The largest absolute Gasteiger partial charge is 0.368 e. The maximum absolute atomic E-state index is 11.8. The maximum Gasteiger partial charge on any atom is 0.255 e. The van der Waals surface area contributed by atoms with E-state index in [-0.39, 0.29) is 22.8 Å². The van der Waals surface area contributed by atoms with Crippen LogP contribution in [-0.4, -0.2) is 28.6 Å². The van der Waals surface area contributed by atoms with Gasteiger partial charge >= 0.3 is 0 Å². The molecule has 16 heavy (non-hydrogen) atoms. The summed E-state index contributed by atoms with van der Waals surface area (Å²) in [5, 5.41) is 2.80. The fourth-order valence-corrected chi connectivity index (χ4v) is 1.78. The highest BCUT2D eigenvalue weighted by molar-refractivity contribution is 6.32. The van der Waals surface area contributed by atoms with E-state index < -0.39 is 6.10 Å². The summed E-state index contributed by atoms with van der Waals surface area (Å²) in [5.74, 6) is 0.278. The van der Waals surface area contributed by atoms with Gasteiger partial charge in [-0.05, 0) is 12.3 Å². The van der Waals surface area contributed by atoms with Gasteiger partial charge in [0.15, 0.2) is 11.0 Å². The summed E-state index contributed by atoms with van der Waals surface area (Å²) in [4.78, 5) is 19.6. The van der Waals surface area contributed by atoms with Crippen molar-refractivity contribution < 1.29 is 9.53 Å². The SMILES string of the molecule is CC1CCOC1C(=O)Nc1nccnc1Cl. The van der Waals surface area contributed by atoms with E-state index in [4.69, 9.17) is 16.3 Å².